The summed E-state index contributed by atoms with van der Waals surface area (Å²) in [6.07, 6.45) is 6.08. The van der Waals surface area contributed by atoms with Crippen LogP contribution in [0.3, 0.4) is 0 Å². The Balaban J connectivity index is 3.00. The van der Waals surface area contributed by atoms with Crippen molar-refractivity contribution in [1.29, 1.82) is 0 Å². The van der Waals surface area contributed by atoms with Crippen LogP contribution in [0.5, 0.6) is 0 Å². The summed E-state index contributed by atoms with van der Waals surface area (Å²) in [5.41, 5.74) is 3.95. The first-order valence-electron chi connectivity index (χ1n) is 5.15. The Kier molecular flexibility index (Phi) is 3.41. The molecule has 1 nitrogen and oxygen atoms in total. The molecule has 1 aromatic rings. The number of nitrogens with zero attached hydrogens (tertiary/aromatic N) is 1. The van der Waals surface area contributed by atoms with Crippen molar-refractivity contribution in [2.24, 2.45) is 5.92 Å². The third-order valence-electron chi connectivity index (χ3n) is 2.52. The van der Waals surface area contributed by atoms with Crippen LogP contribution in [0.2, 0.25) is 0 Å². The molecule has 0 aromatic carbocycles. The van der Waals surface area contributed by atoms with Crippen LogP contribution in [0.1, 0.15) is 30.8 Å². The highest BCUT2D eigenvalue weighted by atomic mass is 15.0. The van der Waals surface area contributed by atoms with Crippen molar-refractivity contribution < 1.29 is 0 Å². The molecule has 0 bridgehead atoms. The number of terminal acetylenes is 1. The summed E-state index contributed by atoms with van der Waals surface area (Å²) in [5.74, 6) is 3.38. The van der Waals surface area contributed by atoms with Crippen molar-refractivity contribution in [2.75, 3.05) is 0 Å². The molecule has 0 aliphatic carbocycles. The quantitative estimate of drug-likeness (QED) is 0.644. The highest BCUT2D eigenvalue weighted by molar-refractivity contribution is 5.29. The predicted molar refractivity (Wildman–Crippen MR) is 61.3 cm³/mol. The Morgan fingerprint density at radius 2 is 2.07 bits per heavy atom. The molecule has 0 amide bonds. The molecule has 1 heterocycles. The molecule has 1 rings (SSSR count). The van der Waals surface area contributed by atoms with E-state index in [4.69, 9.17) is 6.42 Å². The minimum atomic E-state index is 0.679. The largest absolute Gasteiger partial charge is 0.349 e. The normalized spacial score (nSPS) is 10.6. The smallest absolute Gasteiger partial charge is 0.0355 e. The third-order valence-corrected chi connectivity index (χ3v) is 2.52. The molecular formula is C13H19N. The topological polar surface area (TPSA) is 4.93 Å². The Labute approximate surface area is 87.1 Å². The molecule has 14 heavy (non-hydrogen) atoms. The molecule has 0 spiro atoms. The van der Waals surface area contributed by atoms with Gasteiger partial charge in [-0.1, -0.05) is 13.8 Å². The first-order chi connectivity index (χ1) is 6.56. The number of hydrogen-bond donors (Lipinski definition) is 0. The van der Waals surface area contributed by atoms with E-state index in [9.17, 15) is 0 Å². The van der Waals surface area contributed by atoms with Crippen molar-refractivity contribution in [2.45, 2.75) is 40.7 Å². The summed E-state index contributed by atoms with van der Waals surface area (Å²) < 4.78 is 2.36. The van der Waals surface area contributed by atoms with Gasteiger partial charge in [0.25, 0.3) is 0 Å². The highest BCUT2D eigenvalue weighted by Gasteiger charge is 2.08. The monoisotopic (exact) mass is 189 g/mol. The Morgan fingerprint density at radius 1 is 1.43 bits per heavy atom. The van der Waals surface area contributed by atoms with E-state index in [0.29, 0.717) is 5.92 Å². The summed E-state index contributed by atoms with van der Waals surface area (Å²) in [4.78, 5) is 0. The molecule has 0 saturated carbocycles. The Bertz CT molecular complexity index is 350. The maximum Gasteiger partial charge on any atom is 0.0355 e. The van der Waals surface area contributed by atoms with E-state index in [-0.39, 0.29) is 0 Å². The van der Waals surface area contributed by atoms with E-state index >= 15 is 0 Å². The van der Waals surface area contributed by atoms with Gasteiger partial charge in [0.2, 0.25) is 0 Å². The van der Waals surface area contributed by atoms with Gasteiger partial charge in [0.05, 0.1) is 0 Å². The fourth-order valence-electron chi connectivity index (χ4n) is 1.81. The van der Waals surface area contributed by atoms with Gasteiger partial charge in [-0.05, 0) is 31.4 Å². The van der Waals surface area contributed by atoms with Crippen LogP contribution in [-0.2, 0) is 13.0 Å². The highest BCUT2D eigenvalue weighted by Crippen LogP contribution is 2.17. The summed E-state index contributed by atoms with van der Waals surface area (Å²) >= 11 is 0. The van der Waals surface area contributed by atoms with E-state index in [1.807, 2.05) is 0 Å². The van der Waals surface area contributed by atoms with Crippen molar-refractivity contribution in [3.05, 3.63) is 23.0 Å². The number of aryl methyl sites for hydroxylation is 1. The molecule has 1 aromatic heterocycles. The van der Waals surface area contributed by atoms with Crippen LogP contribution in [0.25, 0.3) is 0 Å². The average Bonchev–Trinajstić information content (AvgIpc) is 2.33. The van der Waals surface area contributed by atoms with Gasteiger partial charge < -0.3 is 4.57 Å². The van der Waals surface area contributed by atoms with Gasteiger partial charge in [-0.15, -0.1) is 12.3 Å². The van der Waals surface area contributed by atoms with Gasteiger partial charge in [-0.25, -0.2) is 0 Å². The van der Waals surface area contributed by atoms with E-state index in [0.717, 1.165) is 13.0 Å². The molecule has 1 heteroatoms. The minimum absolute atomic E-state index is 0.679. The molecule has 76 valence electrons. The summed E-state index contributed by atoms with van der Waals surface area (Å²) in [7, 11) is 0. The SMILES string of the molecule is C#CCc1cc(C)n(CC(C)C)c1C. The van der Waals surface area contributed by atoms with Gasteiger partial charge in [-0.2, -0.15) is 0 Å². The average molecular weight is 189 g/mol. The van der Waals surface area contributed by atoms with E-state index in [1.165, 1.54) is 17.0 Å². The molecule has 0 atom stereocenters. The number of hydrogen-bond acceptors (Lipinski definition) is 0. The first kappa shape index (κ1) is 10.9. The first-order valence-corrected chi connectivity index (χ1v) is 5.15. The molecule has 0 aliphatic heterocycles. The van der Waals surface area contributed by atoms with Gasteiger partial charge in [0.15, 0.2) is 0 Å². The van der Waals surface area contributed by atoms with Crippen LogP contribution in [-0.4, -0.2) is 4.57 Å². The summed E-state index contributed by atoms with van der Waals surface area (Å²) in [6, 6.07) is 2.21. The van der Waals surface area contributed by atoms with Gasteiger partial charge in [0, 0.05) is 24.4 Å². The molecule has 0 unspecified atom stereocenters. The Morgan fingerprint density at radius 3 is 2.57 bits per heavy atom. The molecule has 0 N–H and O–H groups in total. The zero-order valence-electron chi connectivity index (χ0n) is 9.59. The van der Waals surface area contributed by atoms with Gasteiger partial charge >= 0.3 is 0 Å². The lowest BCUT2D eigenvalue weighted by atomic mass is 10.2. The minimum Gasteiger partial charge on any atom is -0.349 e. The molecule has 0 fully saturated rings. The number of rotatable bonds is 3. The fourth-order valence-corrected chi connectivity index (χ4v) is 1.81. The van der Waals surface area contributed by atoms with Crippen molar-refractivity contribution in [3.8, 4) is 12.3 Å². The third kappa shape index (κ3) is 2.20. The molecule has 0 saturated heterocycles. The van der Waals surface area contributed by atoms with Crippen LogP contribution < -0.4 is 0 Å². The van der Waals surface area contributed by atoms with Crippen LogP contribution >= 0.6 is 0 Å². The van der Waals surface area contributed by atoms with Crippen LogP contribution in [0.4, 0.5) is 0 Å². The van der Waals surface area contributed by atoms with Crippen LogP contribution in [0, 0.1) is 32.1 Å². The van der Waals surface area contributed by atoms with E-state index < -0.39 is 0 Å². The van der Waals surface area contributed by atoms with E-state index in [2.05, 4.69) is 44.2 Å². The second-order valence-corrected chi connectivity index (χ2v) is 4.28. The lowest BCUT2D eigenvalue weighted by molar-refractivity contribution is 0.508. The zero-order chi connectivity index (χ0) is 10.7. The number of aromatic nitrogens is 1. The van der Waals surface area contributed by atoms with Crippen molar-refractivity contribution >= 4 is 0 Å². The van der Waals surface area contributed by atoms with E-state index in [1.54, 1.807) is 0 Å². The summed E-state index contributed by atoms with van der Waals surface area (Å²) in [5, 5.41) is 0. The summed E-state index contributed by atoms with van der Waals surface area (Å²) in [6.45, 7) is 9.86. The fraction of sp³-hybridized carbons (Fsp3) is 0.538. The second-order valence-electron chi connectivity index (χ2n) is 4.28. The maximum absolute atomic E-state index is 5.33. The molecule has 0 radical (unpaired) electrons. The lowest BCUT2D eigenvalue weighted by Crippen LogP contribution is -2.07. The standard InChI is InChI=1S/C13H19N/c1-6-7-13-8-11(4)14(12(13)5)9-10(2)3/h1,8,10H,7,9H2,2-5H3. The van der Waals surface area contributed by atoms with Gasteiger partial charge in [-0.3, -0.25) is 0 Å². The predicted octanol–water partition coefficient (Wildman–Crippen LogP) is 2.94. The van der Waals surface area contributed by atoms with Crippen molar-refractivity contribution in [3.63, 3.8) is 0 Å². The van der Waals surface area contributed by atoms with Crippen LogP contribution in [0.15, 0.2) is 6.07 Å². The molecular weight excluding hydrogens is 170 g/mol. The molecule has 0 aliphatic rings. The maximum atomic E-state index is 5.33. The lowest BCUT2D eigenvalue weighted by Gasteiger charge is -2.12. The zero-order valence-corrected chi connectivity index (χ0v) is 9.59. The van der Waals surface area contributed by atoms with Crippen molar-refractivity contribution in [1.82, 2.24) is 4.57 Å². The Hall–Kier alpha value is -1.16. The van der Waals surface area contributed by atoms with Gasteiger partial charge in [0.1, 0.15) is 0 Å². The second kappa shape index (κ2) is 4.37.